The van der Waals surface area contributed by atoms with Gasteiger partial charge in [-0.15, -0.1) is 0 Å². The molecule has 2 saturated carbocycles. The summed E-state index contributed by atoms with van der Waals surface area (Å²) in [6.07, 6.45) is 13.6. The molecule has 0 heterocycles. The van der Waals surface area contributed by atoms with Crippen molar-refractivity contribution in [3.63, 3.8) is 0 Å². The van der Waals surface area contributed by atoms with E-state index >= 15 is 0 Å². The molecule has 1 aromatic carbocycles. The summed E-state index contributed by atoms with van der Waals surface area (Å²) >= 11 is 0. The molecule has 0 amide bonds. The maximum Gasteiger partial charge on any atom is -0.00153 e. The maximum absolute atomic E-state index is 2.54. The number of hydrogen-bond acceptors (Lipinski definition) is 0. The standard InChI is InChI=1S/C21H32.H3P/c1-4-7-16-10-13-20(21(14-15-21)17-11-12-17)19(9-6-3)18(16)8-5-2;/h10,13,17H,4-9,11-12,14-15H2,1-3H3;1H3. The minimum atomic E-state index is 0. The van der Waals surface area contributed by atoms with Gasteiger partial charge in [-0.05, 0) is 78.5 Å². The van der Waals surface area contributed by atoms with Gasteiger partial charge in [0, 0.05) is 0 Å². The zero-order valence-corrected chi connectivity index (χ0v) is 16.4. The van der Waals surface area contributed by atoms with E-state index in [9.17, 15) is 0 Å². The summed E-state index contributed by atoms with van der Waals surface area (Å²) in [6.45, 7) is 7.00. The Balaban J connectivity index is 0.00000176. The topological polar surface area (TPSA) is 0 Å². The third kappa shape index (κ3) is 3.28. The van der Waals surface area contributed by atoms with Gasteiger partial charge in [-0.1, -0.05) is 52.2 Å². The van der Waals surface area contributed by atoms with Crippen molar-refractivity contribution in [1.82, 2.24) is 0 Å². The van der Waals surface area contributed by atoms with Gasteiger partial charge in [-0.2, -0.15) is 9.90 Å². The van der Waals surface area contributed by atoms with E-state index in [1.54, 1.807) is 22.3 Å². The zero-order valence-electron chi connectivity index (χ0n) is 15.0. The molecule has 0 nitrogen and oxygen atoms in total. The highest BCUT2D eigenvalue weighted by molar-refractivity contribution is 6.92. The first-order valence-corrected chi connectivity index (χ1v) is 9.40. The van der Waals surface area contributed by atoms with Gasteiger partial charge in [-0.3, -0.25) is 0 Å². The molecule has 1 unspecified atom stereocenters. The van der Waals surface area contributed by atoms with E-state index in [2.05, 4.69) is 32.9 Å². The molecule has 0 saturated heterocycles. The Hall–Kier alpha value is -0.350. The Kier molecular flexibility index (Phi) is 6.12. The highest BCUT2D eigenvalue weighted by atomic mass is 31.0. The Morgan fingerprint density at radius 2 is 1.45 bits per heavy atom. The lowest BCUT2D eigenvalue weighted by molar-refractivity contribution is 0.586. The van der Waals surface area contributed by atoms with Gasteiger partial charge in [-0.25, -0.2) is 0 Å². The average molecular weight is 318 g/mol. The van der Waals surface area contributed by atoms with Crippen LogP contribution in [0.5, 0.6) is 0 Å². The summed E-state index contributed by atoms with van der Waals surface area (Å²) in [4.78, 5) is 0. The van der Waals surface area contributed by atoms with E-state index in [1.165, 1.54) is 64.2 Å². The van der Waals surface area contributed by atoms with Gasteiger partial charge in [0.05, 0.1) is 0 Å². The fourth-order valence-corrected chi connectivity index (χ4v) is 4.48. The Labute approximate surface area is 141 Å². The van der Waals surface area contributed by atoms with Gasteiger partial charge >= 0.3 is 0 Å². The van der Waals surface area contributed by atoms with Crippen LogP contribution in [0.3, 0.4) is 0 Å². The second-order valence-corrected chi connectivity index (χ2v) is 7.41. The van der Waals surface area contributed by atoms with Crippen LogP contribution in [-0.4, -0.2) is 0 Å². The van der Waals surface area contributed by atoms with Gasteiger partial charge in [0.2, 0.25) is 0 Å². The summed E-state index contributed by atoms with van der Waals surface area (Å²) in [5.74, 6) is 1.03. The van der Waals surface area contributed by atoms with E-state index < -0.39 is 0 Å². The maximum atomic E-state index is 2.54. The molecular weight excluding hydrogens is 283 g/mol. The van der Waals surface area contributed by atoms with Crippen LogP contribution in [0.15, 0.2) is 12.1 Å². The summed E-state index contributed by atoms with van der Waals surface area (Å²) in [7, 11) is 0. The molecule has 1 heteroatoms. The molecule has 2 aliphatic carbocycles. The molecule has 2 aliphatic rings. The van der Waals surface area contributed by atoms with Crippen molar-refractivity contribution in [3.05, 3.63) is 34.4 Å². The monoisotopic (exact) mass is 318 g/mol. The van der Waals surface area contributed by atoms with Crippen LogP contribution in [0.4, 0.5) is 0 Å². The molecule has 0 spiro atoms. The third-order valence-corrected chi connectivity index (χ3v) is 5.73. The summed E-state index contributed by atoms with van der Waals surface area (Å²) < 4.78 is 0. The number of rotatable bonds is 8. The van der Waals surface area contributed by atoms with Crippen molar-refractivity contribution in [2.24, 2.45) is 5.92 Å². The molecule has 1 atom stereocenters. The van der Waals surface area contributed by atoms with Crippen LogP contribution in [-0.2, 0) is 24.7 Å². The largest absolute Gasteiger partial charge is 0.153 e. The SMILES string of the molecule is CCCc1ccc(C2(C3CC3)CC2)c(CCC)c1CCC.P. The molecule has 0 aromatic heterocycles. The lowest BCUT2D eigenvalue weighted by Crippen LogP contribution is -2.15. The lowest BCUT2D eigenvalue weighted by atomic mass is 9.80. The van der Waals surface area contributed by atoms with E-state index in [0.29, 0.717) is 5.41 Å². The van der Waals surface area contributed by atoms with Crippen LogP contribution in [0.2, 0.25) is 0 Å². The van der Waals surface area contributed by atoms with Crippen LogP contribution in [0.1, 0.15) is 88.0 Å². The molecule has 22 heavy (non-hydrogen) atoms. The molecule has 0 radical (unpaired) electrons. The predicted molar refractivity (Wildman–Crippen MR) is 103 cm³/mol. The van der Waals surface area contributed by atoms with Crippen molar-refractivity contribution in [2.45, 2.75) is 90.4 Å². The molecule has 0 aliphatic heterocycles. The zero-order chi connectivity index (χ0) is 14.9. The highest BCUT2D eigenvalue weighted by Gasteiger charge is 2.55. The van der Waals surface area contributed by atoms with E-state index in [1.807, 2.05) is 0 Å². The summed E-state index contributed by atoms with van der Waals surface area (Å²) in [5, 5.41) is 0. The van der Waals surface area contributed by atoms with Gasteiger partial charge in [0.1, 0.15) is 0 Å². The first-order chi connectivity index (χ1) is 10.3. The van der Waals surface area contributed by atoms with Crippen molar-refractivity contribution in [1.29, 1.82) is 0 Å². The molecule has 0 bridgehead atoms. The van der Waals surface area contributed by atoms with Crippen LogP contribution < -0.4 is 0 Å². The fraction of sp³-hybridized carbons (Fsp3) is 0.714. The first-order valence-electron chi connectivity index (χ1n) is 9.40. The number of hydrogen-bond donors (Lipinski definition) is 0. The third-order valence-electron chi connectivity index (χ3n) is 5.73. The lowest BCUT2D eigenvalue weighted by Gasteiger charge is -2.24. The van der Waals surface area contributed by atoms with Crippen molar-refractivity contribution >= 4 is 9.90 Å². The first kappa shape index (κ1) is 18.0. The van der Waals surface area contributed by atoms with E-state index in [0.717, 1.165) is 5.92 Å². The fourth-order valence-electron chi connectivity index (χ4n) is 4.48. The van der Waals surface area contributed by atoms with Crippen LogP contribution in [0, 0.1) is 5.92 Å². The summed E-state index contributed by atoms with van der Waals surface area (Å²) in [6, 6.07) is 5.03. The average Bonchev–Trinajstić information content (AvgIpc) is 3.35. The molecule has 0 N–H and O–H groups in total. The Morgan fingerprint density at radius 1 is 0.864 bits per heavy atom. The van der Waals surface area contributed by atoms with Gasteiger partial charge in [0.15, 0.2) is 0 Å². The van der Waals surface area contributed by atoms with Crippen molar-refractivity contribution in [3.8, 4) is 0 Å². The smallest absolute Gasteiger partial charge is 0.00153 e. The van der Waals surface area contributed by atoms with Gasteiger partial charge < -0.3 is 0 Å². The van der Waals surface area contributed by atoms with Crippen molar-refractivity contribution in [2.75, 3.05) is 0 Å². The van der Waals surface area contributed by atoms with Crippen LogP contribution >= 0.6 is 9.90 Å². The second kappa shape index (κ2) is 7.48. The molecule has 1 aromatic rings. The van der Waals surface area contributed by atoms with Gasteiger partial charge in [0.25, 0.3) is 0 Å². The number of aryl methyl sites for hydroxylation is 1. The van der Waals surface area contributed by atoms with Crippen LogP contribution in [0.25, 0.3) is 0 Å². The molecular formula is C21H35P. The van der Waals surface area contributed by atoms with Crippen molar-refractivity contribution < 1.29 is 0 Å². The normalized spacial score (nSPS) is 18.9. The Morgan fingerprint density at radius 3 is 1.95 bits per heavy atom. The minimum absolute atomic E-state index is 0. The quantitative estimate of drug-likeness (QED) is 0.512. The second-order valence-electron chi connectivity index (χ2n) is 7.41. The number of benzene rings is 1. The molecule has 3 rings (SSSR count). The Bertz CT molecular complexity index is 495. The molecule has 124 valence electrons. The van der Waals surface area contributed by atoms with E-state index in [-0.39, 0.29) is 9.90 Å². The predicted octanol–water partition coefficient (Wildman–Crippen LogP) is 6.04. The molecule has 2 fully saturated rings. The minimum Gasteiger partial charge on any atom is -0.153 e. The highest BCUT2D eigenvalue weighted by Crippen LogP contribution is 2.63. The summed E-state index contributed by atoms with van der Waals surface area (Å²) in [5.41, 5.74) is 7.56. The van der Waals surface area contributed by atoms with E-state index in [4.69, 9.17) is 0 Å².